The lowest BCUT2D eigenvalue weighted by Crippen LogP contribution is -2.54. The van der Waals surface area contributed by atoms with Gasteiger partial charge in [0.2, 0.25) is 0 Å². The predicted molar refractivity (Wildman–Crippen MR) is 83.4 cm³/mol. The summed E-state index contributed by atoms with van der Waals surface area (Å²) < 4.78 is 11.5. The van der Waals surface area contributed by atoms with Crippen molar-refractivity contribution < 1.29 is 14.6 Å². The molecule has 0 saturated carbocycles. The number of morpholine rings is 1. The van der Waals surface area contributed by atoms with Crippen molar-refractivity contribution in [3.05, 3.63) is 24.3 Å². The van der Waals surface area contributed by atoms with Gasteiger partial charge in [0.1, 0.15) is 5.75 Å². The van der Waals surface area contributed by atoms with E-state index in [0.29, 0.717) is 12.3 Å². The summed E-state index contributed by atoms with van der Waals surface area (Å²) in [6, 6.07) is 7.48. The fraction of sp³-hybridized carbons (Fsp3) is 0.625. The fourth-order valence-electron chi connectivity index (χ4n) is 2.76. The monoisotopic (exact) mass is 294 g/mol. The Bertz CT molecular complexity index is 451. The van der Waals surface area contributed by atoms with Crippen molar-refractivity contribution in [1.82, 2.24) is 4.90 Å². The van der Waals surface area contributed by atoms with E-state index in [0.717, 1.165) is 31.8 Å². The molecule has 0 amide bonds. The van der Waals surface area contributed by atoms with E-state index >= 15 is 0 Å². The first-order valence-corrected chi connectivity index (χ1v) is 7.48. The van der Waals surface area contributed by atoms with Crippen LogP contribution in [0.4, 0.5) is 5.69 Å². The predicted octanol–water partition coefficient (Wildman–Crippen LogP) is 1.51. The van der Waals surface area contributed by atoms with Crippen LogP contribution in [0, 0.1) is 0 Å². The lowest BCUT2D eigenvalue weighted by Gasteiger charge is -2.42. The first-order chi connectivity index (χ1) is 9.98. The maximum Gasteiger partial charge on any atom is 0.121 e. The van der Waals surface area contributed by atoms with Crippen molar-refractivity contribution in [1.29, 1.82) is 0 Å². The Kier molecular flexibility index (Phi) is 5.45. The van der Waals surface area contributed by atoms with Gasteiger partial charge in [0.15, 0.2) is 0 Å². The Labute approximate surface area is 126 Å². The highest BCUT2D eigenvalue weighted by atomic mass is 16.5. The lowest BCUT2D eigenvalue weighted by molar-refractivity contribution is -0.149. The van der Waals surface area contributed by atoms with E-state index in [1.54, 1.807) is 0 Å². The van der Waals surface area contributed by atoms with Gasteiger partial charge in [-0.05, 0) is 32.4 Å². The molecule has 1 aromatic carbocycles. The maximum absolute atomic E-state index is 9.30. The number of hydrogen-bond donors (Lipinski definition) is 2. The third kappa shape index (κ3) is 5.19. The van der Waals surface area contributed by atoms with Crippen LogP contribution in [0.3, 0.4) is 0 Å². The van der Waals surface area contributed by atoms with Gasteiger partial charge < -0.3 is 20.3 Å². The van der Waals surface area contributed by atoms with Crippen LogP contribution in [0.5, 0.6) is 5.75 Å². The number of nitrogens with two attached hydrogens (primary N) is 1. The van der Waals surface area contributed by atoms with Gasteiger partial charge in [-0.25, -0.2) is 0 Å². The zero-order chi connectivity index (χ0) is 15.3. The summed E-state index contributed by atoms with van der Waals surface area (Å²) in [7, 11) is 0. The molecule has 0 spiro atoms. The molecule has 2 rings (SSSR count). The van der Waals surface area contributed by atoms with E-state index in [2.05, 4.69) is 18.7 Å². The first-order valence-electron chi connectivity index (χ1n) is 7.48. The van der Waals surface area contributed by atoms with Crippen molar-refractivity contribution in [2.24, 2.45) is 0 Å². The SMILES string of the molecule is CC1(C)CN(CCCOc2cccc(N)c2)CC(CO)O1. The van der Waals surface area contributed by atoms with E-state index in [-0.39, 0.29) is 18.3 Å². The maximum atomic E-state index is 9.30. The highest BCUT2D eigenvalue weighted by molar-refractivity contribution is 5.43. The topological polar surface area (TPSA) is 68.0 Å². The molecular formula is C16H26N2O3. The van der Waals surface area contributed by atoms with E-state index in [4.69, 9.17) is 15.2 Å². The van der Waals surface area contributed by atoms with Gasteiger partial charge in [-0.3, -0.25) is 4.90 Å². The zero-order valence-corrected chi connectivity index (χ0v) is 12.9. The number of rotatable bonds is 6. The van der Waals surface area contributed by atoms with Gasteiger partial charge in [0.05, 0.1) is 24.9 Å². The van der Waals surface area contributed by atoms with E-state index in [1.807, 2.05) is 24.3 Å². The minimum absolute atomic E-state index is 0.0692. The third-order valence-corrected chi connectivity index (χ3v) is 3.50. The molecule has 118 valence electrons. The molecule has 5 heteroatoms. The number of aliphatic hydroxyl groups is 1. The molecule has 1 aliphatic heterocycles. The van der Waals surface area contributed by atoms with Crippen LogP contribution in [0.25, 0.3) is 0 Å². The standard InChI is InChI=1S/C16H26N2O3/c1-16(2)12-18(10-15(11-19)21-16)7-4-8-20-14-6-3-5-13(17)9-14/h3,5-6,9,15,19H,4,7-8,10-12,17H2,1-2H3. The van der Waals surface area contributed by atoms with Crippen molar-refractivity contribution in [3.63, 3.8) is 0 Å². The summed E-state index contributed by atoms with van der Waals surface area (Å²) in [6.45, 7) is 7.44. The average molecular weight is 294 g/mol. The van der Waals surface area contributed by atoms with E-state index in [9.17, 15) is 5.11 Å². The Balaban J connectivity index is 1.73. The summed E-state index contributed by atoms with van der Waals surface area (Å²) in [5.74, 6) is 0.811. The summed E-state index contributed by atoms with van der Waals surface area (Å²) >= 11 is 0. The number of nitrogens with zero attached hydrogens (tertiary/aromatic N) is 1. The Morgan fingerprint density at radius 3 is 3.00 bits per heavy atom. The first kappa shape index (κ1) is 16.1. The van der Waals surface area contributed by atoms with E-state index in [1.165, 1.54) is 0 Å². The largest absolute Gasteiger partial charge is 0.493 e. The van der Waals surface area contributed by atoms with Crippen molar-refractivity contribution >= 4 is 5.69 Å². The van der Waals surface area contributed by atoms with Crippen molar-refractivity contribution in [2.45, 2.75) is 32.0 Å². The molecule has 1 aliphatic rings. The molecule has 0 radical (unpaired) electrons. The van der Waals surface area contributed by atoms with Crippen LogP contribution in [0.15, 0.2) is 24.3 Å². The number of hydrogen-bond acceptors (Lipinski definition) is 5. The Morgan fingerprint density at radius 1 is 1.48 bits per heavy atom. The highest BCUT2D eigenvalue weighted by Crippen LogP contribution is 2.21. The van der Waals surface area contributed by atoms with Crippen LogP contribution in [-0.4, -0.2) is 54.6 Å². The molecule has 1 heterocycles. The normalized spacial score (nSPS) is 22.1. The summed E-state index contributed by atoms with van der Waals surface area (Å²) in [6.07, 6.45) is 0.840. The fourth-order valence-corrected chi connectivity index (χ4v) is 2.76. The summed E-state index contributed by atoms with van der Waals surface area (Å²) in [4.78, 5) is 2.33. The van der Waals surface area contributed by atoms with Crippen LogP contribution < -0.4 is 10.5 Å². The molecular weight excluding hydrogens is 268 g/mol. The zero-order valence-electron chi connectivity index (χ0n) is 12.9. The van der Waals surface area contributed by atoms with Gasteiger partial charge in [-0.1, -0.05) is 6.07 Å². The number of aliphatic hydroxyl groups excluding tert-OH is 1. The van der Waals surface area contributed by atoms with Crippen LogP contribution in [0.2, 0.25) is 0 Å². The molecule has 5 nitrogen and oxygen atoms in total. The smallest absolute Gasteiger partial charge is 0.121 e. The Hall–Kier alpha value is -1.30. The van der Waals surface area contributed by atoms with E-state index < -0.39 is 0 Å². The molecule has 1 fully saturated rings. The summed E-state index contributed by atoms with van der Waals surface area (Å²) in [5, 5.41) is 9.30. The third-order valence-electron chi connectivity index (χ3n) is 3.50. The van der Waals surface area contributed by atoms with Gasteiger partial charge in [-0.2, -0.15) is 0 Å². The molecule has 1 aromatic rings. The van der Waals surface area contributed by atoms with Gasteiger partial charge >= 0.3 is 0 Å². The number of benzene rings is 1. The molecule has 0 aromatic heterocycles. The quantitative estimate of drug-likeness (QED) is 0.615. The second-order valence-electron chi connectivity index (χ2n) is 6.19. The number of ether oxygens (including phenoxy) is 2. The van der Waals surface area contributed by atoms with Gasteiger partial charge in [0, 0.05) is 31.4 Å². The Morgan fingerprint density at radius 2 is 2.29 bits per heavy atom. The van der Waals surface area contributed by atoms with Crippen LogP contribution >= 0.6 is 0 Å². The second-order valence-corrected chi connectivity index (χ2v) is 6.19. The van der Waals surface area contributed by atoms with Gasteiger partial charge in [0.25, 0.3) is 0 Å². The summed E-state index contributed by atoms with van der Waals surface area (Å²) in [5.41, 5.74) is 6.22. The minimum atomic E-state index is -0.208. The van der Waals surface area contributed by atoms with Crippen molar-refractivity contribution in [2.75, 3.05) is 38.6 Å². The number of anilines is 1. The molecule has 0 bridgehead atoms. The lowest BCUT2D eigenvalue weighted by atomic mass is 10.1. The molecule has 21 heavy (non-hydrogen) atoms. The average Bonchev–Trinajstić information content (AvgIpc) is 2.42. The van der Waals surface area contributed by atoms with Crippen LogP contribution in [0.1, 0.15) is 20.3 Å². The second kappa shape index (κ2) is 7.11. The number of nitrogen functional groups attached to an aromatic ring is 1. The molecule has 1 unspecified atom stereocenters. The highest BCUT2D eigenvalue weighted by Gasteiger charge is 2.32. The van der Waals surface area contributed by atoms with Crippen LogP contribution in [-0.2, 0) is 4.74 Å². The molecule has 0 aliphatic carbocycles. The van der Waals surface area contributed by atoms with Gasteiger partial charge in [-0.15, -0.1) is 0 Å². The van der Waals surface area contributed by atoms with Crippen molar-refractivity contribution in [3.8, 4) is 5.75 Å². The minimum Gasteiger partial charge on any atom is -0.493 e. The molecule has 1 atom stereocenters. The molecule has 3 N–H and O–H groups in total. The molecule has 1 saturated heterocycles.